The Labute approximate surface area is 140 Å². The van der Waals surface area contributed by atoms with Crippen molar-refractivity contribution in [3.05, 3.63) is 30.6 Å². The average molecular weight is 326 g/mol. The van der Waals surface area contributed by atoms with Crippen LogP contribution in [0.15, 0.2) is 30.6 Å². The van der Waals surface area contributed by atoms with Crippen LogP contribution in [-0.2, 0) is 0 Å². The van der Waals surface area contributed by atoms with Gasteiger partial charge in [-0.2, -0.15) is 5.10 Å². The van der Waals surface area contributed by atoms with Gasteiger partial charge in [0.2, 0.25) is 0 Å². The van der Waals surface area contributed by atoms with Crippen molar-refractivity contribution in [1.29, 1.82) is 0 Å². The summed E-state index contributed by atoms with van der Waals surface area (Å²) in [6, 6.07) is 7.78. The van der Waals surface area contributed by atoms with Gasteiger partial charge in [-0.25, -0.2) is 14.6 Å². The summed E-state index contributed by atoms with van der Waals surface area (Å²) in [5.41, 5.74) is 14.3. The number of hydrogen-bond donors (Lipinski definition) is 2. The smallest absolute Gasteiger partial charge is 0.164 e. The number of nitrogen functional groups attached to an aromatic ring is 1. The van der Waals surface area contributed by atoms with E-state index in [4.69, 9.17) is 21.3 Å². The van der Waals surface area contributed by atoms with Crippen LogP contribution in [-0.4, -0.2) is 32.4 Å². The van der Waals surface area contributed by atoms with Gasteiger partial charge in [-0.3, -0.25) is 0 Å². The van der Waals surface area contributed by atoms with Crippen molar-refractivity contribution in [2.24, 2.45) is 5.73 Å². The molecule has 1 aromatic carbocycles. The molecule has 0 aliphatic rings. The monoisotopic (exact) mass is 326 g/mol. The molecule has 0 fully saturated rings. The second-order valence-corrected chi connectivity index (χ2v) is 6.03. The minimum Gasteiger partial charge on any atom is -0.491 e. The van der Waals surface area contributed by atoms with Gasteiger partial charge in [-0.1, -0.05) is 0 Å². The zero-order valence-electron chi connectivity index (χ0n) is 14.1. The van der Waals surface area contributed by atoms with Crippen molar-refractivity contribution in [2.45, 2.75) is 32.9 Å². The molecule has 0 radical (unpaired) electrons. The Kier molecular flexibility index (Phi) is 4.35. The van der Waals surface area contributed by atoms with Crippen molar-refractivity contribution in [1.82, 2.24) is 19.7 Å². The van der Waals surface area contributed by atoms with Crippen LogP contribution in [0.4, 0.5) is 5.82 Å². The summed E-state index contributed by atoms with van der Waals surface area (Å²) in [5.74, 6) is 1.23. The molecule has 3 aromatic rings. The van der Waals surface area contributed by atoms with E-state index >= 15 is 0 Å². The maximum atomic E-state index is 6.08. The predicted molar refractivity (Wildman–Crippen MR) is 94.7 cm³/mol. The molecule has 0 bridgehead atoms. The SMILES string of the molecule is CC(C)Oc1ccc(-c2nn([C@H](C)CN)c3ncnc(N)c23)cc1. The zero-order chi connectivity index (χ0) is 17.3. The molecule has 2 aromatic heterocycles. The lowest BCUT2D eigenvalue weighted by Crippen LogP contribution is -2.17. The molecular weight excluding hydrogens is 304 g/mol. The summed E-state index contributed by atoms with van der Waals surface area (Å²) in [4.78, 5) is 8.45. The topological polar surface area (TPSA) is 105 Å². The van der Waals surface area contributed by atoms with Gasteiger partial charge in [0.1, 0.15) is 23.6 Å². The first kappa shape index (κ1) is 16.2. The number of hydrogen-bond acceptors (Lipinski definition) is 6. The number of aromatic nitrogens is 4. The number of rotatable bonds is 5. The maximum absolute atomic E-state index is 6.08. The third-order valence-electron chi connectivity index (χ3n) is 3.78. The van der Waals surface area contributed by atoms with E-state index in [2.05, 4.69) is 9.97 Å². The third kappa shape index (κ3) is 2.90. The Morgan fingerprint density at radius 3 is 2.46 bits per heavy atom. The predicted octanol–water partition coefficient (Wildman–Crippen LogP) is 2.38. The molecule has 0 saturated carbocycles. The van der Waals surface area contributed by atoms with E-state index in [-0.39, 0.29) is 12.1 Å². The van der Waals surface area contributed by atoms with Crippen LogP contribution in [0, 0.1) is 0 Å². The number of benzene rings is 1. The quantitative estimate of drug-likeness (QED) is 0.746. The van der Waals surface area contributed by atoms with Gasteiger partial charge < -0.3 is 16.2 Å². The number of nitrogens with zero attached hydrogens (tertiary/aromatic N) is 4. The highest BCUT2D eigenvalue weighted by Gasteiger charge is 2.19. The highest BCUT2D eigenvalue weighted by molar-refractivity contribution is 5.98. The van der Waals surface area contributed by atoms with Gasteiger partial charge in [0.15, 0.2) is 5.65 Å². The highest BCUT2D eigenvalue weighted by atomic mass is 16.5. The second-order valence-electron chi connectivity index (χ2n) is 6.03. The molecule has 0 unspecified atom stereocenters. The first-order valence-corrected chi connectivity index (χ1v) is 7.97. The molecule has 126 valence electrons. The van der Waals surface area contributed by atoms with Gasteiger partial charge >= 0.3 is 0 Å². The van der Waals surface area contributed by atoms with Gasteiger partial charge in [0.05, 0.1) is 17.5 Å². The fraction of sp³-hybridized carbons (Fsp3) is 0.353. The molecule has 0 spiro atoms. The Morgan fingerprint density at radius 1 is 1.12 bits per heavy atom. The van der Waals surface area contributed by atoms with Crippen LogP contribution in [0.2, 0.25) is 0 Å². The molecule has 2 heterocycles. The highest BCUT2D eigenvalue weighted by Crippen LogP contribution is 2.32. The minimum absolute atomic E-state index is 0.0131. The van der Waals surface area contributed by atoms with Crippen molar-refractivity contribution >= 4 is 16.9 Å². The van der Waals surface area contributed by atoms with Crippen LogP contribution < -0.4 is 16.2 Å². The second kappa shape index (κ2) is 6.45. The molecule has 3 rings (SSSR count). The van der Waals surface area contributed by atoms with Gasteiger partial charge in [0.25, 0.3) is 0 Å². The van der Waals surface area contributed by atoms with Crippen molar-refractivity contribution in [3.63, 3.8) is 0 Å². The lowest BCUT2D eigenvalue weighted by molar-refractivity contribution is 0.242. The molecule has 0 amide bonds. The van der Waals surface area contributed by atoms with E-state index in [1.165, 1.54) is 6.33 Å². The lowest BCUT2D eigenvalue weighted by atomic mass is 10.1. The first-order chi connectivity index (χ1) is 11.5. The normalized spacial score (nSPS) is 12.7. The van der Waals surface area contributed by atoms with E-state index in [9.17, 15) is 0 Å². The molecule has 7 heteroatoms. The summed E-state index contributed by atoms with van der Waals surface area (Å²) < 4.78 is 7.49. The average Bonchev–Trinajstić information content (AvgIpc) is 2.95. The van der Waals surface area contributed by atoms with E-state index in [1.807, 2.05) is 45.0 Å². The third-order valence-corrected chi connectivity index (χ3v) is 3.78. The van der Waals surface area contributed by atoms with Crippen LogP contribution in [0.3, 0.4) is 0 Å². The van der Waals surface area contributed by atoms with Crippen molar-refractivity contribution < 1.29 is 4.74 Å². The molecule has 1 atom stereocenters. The number of ether oxygens (including phenoxy) is 1. The van der Waals surface area contributed by atoms with Crippen molar-refractivity contribution in [3.8, 4) is 17.0 Å². The molecule has 0 saturated heterocycles. The largest absolute Gasteiger partial charge is 0.491 e. The standard InChI is InChI=1S/C17H22N6O/c1-10(2)24-13-6-4-12(5-7-13)15-14-16(19)20-9-21-17(14)23(22-15)11(3)8-18/h4-7,9-11H,8,18H2,1-3H3,(H2,19,20,21)/t11-/m1/s1. The molecule has 24 heavy (non-hydrogen) atoms. The summed E-state index contributed by atoms with van der Waals surface area (Å²) >= 11 is 0. The molecule has 7 nitrogen and oxygen atoms in total. The zero-order valence-corrected chi connectivity index (χ0v) is 14.1. The summed E-state index contributed by atoms with van der Waals surface area (Å²) in [6.45, 7) is 6.44. The van der Waals surface area contributed by atoms with Gasteiger partial charge in [-0.15, -0.1) is 0 Å². The van der Waals surface area contributed by atoms with Gasteiger partial charge in [-0.05, 0) is 45.0 Å². The van der Waals surface area contributed by atoms with E-state index in [0.29, 0.717) is 18.0 Å². The number of nitrogens with two attached hydrogens (primary N) is 2. The molecule has 4 N–H and O–H groups in total. The Bertz CT molecular complexity index is 840. The summed E-state index contributed by atoms with van der Waals surface area (Å²) in [5, 5.41) is 5.44. The fourth-order valence-corrected chi connectivity index (χ4v) is 2.57. The first-order valence-electron chi connectivity index (χ1n) is 7.97. The molecular formula is C17H22N6O. The van der Waals surface area contributed by atoms with Crippen molar-refractivity contribution in [2.75, 3.05) is 12.3 Å². The number of anilines is 1. The van der Waals surface area contributed by atoms with E-state index in [0.717, 1.165) is 22.4 Å². The van der Waals surface area contributed by atoms with Crippen LogP contribution >= 0.6 is 0 Å². The Hall–Kier alpha value is -2.67. The van der Waals surface area contributed by atoms with E-state index < -0.39 is 0 Å². The Morgan fingerprint density at radius 2 is 1.83 bits per heavy atom. The molecule has 0 aliphatic carbocycles. The van der Waals surface area contributed by atoms with E-state index in [1.54, 1.807) is 4.68 Å². The maximum Gasteiger partial charge on any atom is 0.164 e. The molecule has 0 aliphatic heterocycles. The Balaban J connectivity index is 2.12. The summed E-state index contributed by atoms with van der Waals surface area (Å²) in [7, 11) is 0. The minimum atomic E-state index is 0.0131. The lowest BCUT2D eigenvalue weighted by Gasteiger charge is -2.10. The van der Waals surface area contributed by atoms with Gasteiger partial charge in [0, 0.05) is 12.1 Å². The van der Waals surface area contributed by atoms with Crippen LogP contribution in [0.25, 0.3) is 22.3 Å². The van der Waals surface area contributed by atoms with Crippen LogP contribution in [0.1, 0.15) is 26.8 Å². The fourth-order valence-electron chi connectivity index (χ4n) is 2.57. The summed E-state index contributed by atoms with van der Waals surface area (Å²) in [6.07, 6.45) is 1.58. The number of fused-ring (bicyclic) bond motifs is 1. The van der Waals surface area contributed by atoms with Crippen LogP contribution in [0.5, 0.6) is 5.75 Å².